The molecule has 2 aromatic rings. The van der Waals surface area contributed by atoms with Gasteiger partial charge in [-0.3, -0.25) is 0 Å². The summed E-state index contributed by atoms with van der Waals surface area (Å²) in [6.45, 7) is 4.90. The number of unbranched alkanes of at least 4 members (excludes halogenated alkanes) is 12. The van der Waals surface area contributed by atoms with E-state index in [0.29, 0.717) is 6.61 Å². The highest BCUT2D eigenvalue weighted by Gasteiger charge is 2.32. The summed E-state index contributed by atoms with van der Waals surface area (Å²) < 4.78 is 16.8. The summed E-state index contributed by atoms with van der Waals surface area (Å²) in [7, 11) is 5.10. The van der Waals surface area contributed by atoms with Crippen LogP contribution in [0.5, 0.6) is 17.2 Å². The van der Waals surface area contributed by atoms with Crippen LogP contribution >= 0.6 is 0 Å². The lowest BCUT2D eigenvalue weighted by Gasteiger charge is -2.28. The zero-order chi connectivity index (χ0) is 33.3. The van der Waals surface area contributed by atoms with Crippen LogP contribution in [-0.2, 0) is 11.8 Å². The van der Waals surface area contributed by atoms with E-state index >= 15 is 0 Å². The summed E-state index contributed by atoms with van der Waals surface area (Å²) in [5, 5.41) is 19.4. The van der Waals surface area contributed by atoms with Crippen LogP contribution in [0.1, 0.15) is 141 Å². The molecule has 6 heteroatoms. The highest BCUT2D eigenvalue weighted by Crippen LogP contribution is 2.37. The first kappa shape index (κ1) is 39.1. The zero-order valence-electron chi connectivity index (χ0n) is 29.8. The molecule has 0 N–H and O–H groups in total. The van der Waals surface area contributed by atoms with Crippen LogP contribution < -0.4 is 14.2 Å². The smallest absolute Gasteiger partial charge is 0.122 e. The van der Waals surface area contributed by atoms with Gasteiger partial charge in [-0.1, -0.05) is 103 Å². The lowest BCUT2D eigenvalue weighted by atomic mass is 9.73. The second-order valence-electron chi connectivity index (χ2n) is 12.8. The molecule has 2 aromatic carbocycles. The third-order valence-electron chi connectivity index (χ3n) is 9.22. The zero-order valence-corrected chi connectivity index (χ0v) is 29.8. The van der Waals surface area contributed by atoms with Crippen molar-refractivity contribution in [1.82, 2.24) is 0 Å². The molecule has 0 aliphatic carbocycles. The molecule has 0 aliphatic rings. The Kier molecular flexibility index (Phi) is 20.5. The average molecular weight is 634 g/mol. The summed E-state index contributed by atoms with van der Waals surface area (Å²) in [6.07, 6.45) is 22.4. The summed E-state index contributed by atoms with van der Waals surface area (Å²) in [5.74, 6) is 2.44. The van der Waals surface area contributed by atoms with Crippen LogP contribution in [0.4, 0.5) is 0 Å². The fourth-order valence-corrected chi connectivity index (χ4v) is 6.49. The van der Waals surface area contributed by atoms with E-state index in [-0.39, 0.29) is 6.04 Å². The summed E-state index contributed by atoms with van der Waals surface area (Å²) in [4.78, 5) is 0. The normalized spacial score (nSPS) is 13.3. The van der Waals surface area contributed by atoms with Crippen molar-refractivity contribution < 1.29 is 14.2 Å². The predicted molar refractivity (Wildman–Crippen MR) is 191 cm³/mol. The average Bonchev–Trinajstić information content (AvgIpc) is 3.08. The van der Waals surface area contributed by atoms with Crippen LogP contribution in [0.3, 0.4) is 0 Å². The van der Waals surface area contributed by atoms with E-state index < -0.39 is 5.41 Å². The van der Waals surface area contributed by atoms with Gasteiger partial charge in [0.2, 0.25) is 0 Å². The molecule has 2 rings (SSSR count). The molecule has 2 atom stereocenters. The molecule has 0 amide bonds. The lowest BCUT2D eigenvalue weighted by molar-refractivity contribution is 0.337. The number of benzene rings is 2. The van der Waals surface area contributed by atoms with Gasteiger partial charge >= 0.3 is 0 Å². The molecule has 0 saturated heterocycles. The second-order valence-corrected chi connectivity index (χ2v) is 12.8. The van der Waals surface area contributed by atoms with Crippen LogP contribution in [-0.4, -0.2) is 33.9 Å². The lowest BCUT2D eigenvalue weighted by Crippen LogP contribution is -2.25. The van der Waals surface area contributed by atoms with Crippen LogP contribution in [0.25, 0.3) is 0 Å². The predicted octanol–water partition coefficient (Wildman–Crippen LogP) is 11.6. The number of nitriles is 1. The number of hydrogen-bond acceptors (Lipinski definition) is 6. The van der Waals surface area contributed by atoms with Crippen molar-refractivity contribution in [2.24, 2.45) is 10.2 Å². The molecule has 0 aliphatic heterocycles. The molecule has 2 unspecified atom stereocenters. The summed E-state index contributed by atoms with van der Waals surface area (Å²) in [6, 6.07) is 17.1. The van der Waals surface area contributed by atoms with Gasteiger partial charge < -0.3 is 14.2 Å². The molecule has 0 bridgehead atoms. The van der Waals surface area contributed by atoms with Gasteiger partial charge in [0.05, 0.1) is 38.4 Å². The summed E-state index contributed by atoms with van der Waals surface area (Å²) >= 11 is 0. The van der Waals surface area contributed by atoms with Crippen molar-refractivity contribution in [2.75, 3.05) is 27.9 Å². The molecule has 0 heterocycles. The van der Waals surface area contributed by atoms with Gasteiger partial charge in [-0.2, -0.15) is 15.5 Å². The fourth-order valence-electron chi connectivity index (χ4n) is 6.49. The van der Waals surface area contributed by atoms with Gasteiger partial charge in [0.15, 0.2) is 0 Å². The molecule has 256 valence electrons. The first-order valence-corrected chi connectivity index (χ1v) is 18.2. The highest BCUT2D eigenvalue weighted by atomic mass is 16.5. The van der Waals surface area contributed by atoms with Gasteiger partial charge in [0.25, 0.3) is 0 Å². The Balaban J connectivity index is 1.94. The Labute approximate surface area is 281 Å². The van der Waals surface area contributed by atoms with Crippen molar-refractivity contribution in [3.8, 4) is 23.3 Å². The van der Waals surface area contributed by atoms with Gasteiger partial charge in [-0.25, -0.2) is 0 Å². The number of azo groups is 1. The minimum Gasteiger partial charge on any atom is -0.497 e. The minimum atomic E-state index is -0.529. The third-order valence-corrected chi connectivity index (χ3v) is 9.22. The van der Waals surface area contributed by atoms with E-state index in [1.807, 2.05) is 25.1 Å². The number of rotatable bonds is 27. The summed E-state index contributed by atoms with van der Waals surface area (Å²) in [5.41, 5.74) is 1.71. The van der Waals surface area contributed by atoms with E-state index in [1.165, 1.54) is 77.0 Å². The van der Waals surface area contributed by atoms with Gasteiger partial charge in [0.1, 0.15) is 17.2 Å². The molecular formula is C40H63N3O3. The molecule has 46 heavy (non-hydrogen) atoms. The van der Waals surface area contributed by atoms with Crippen molar-refractivity contribution in [3.05, 3.63) is 53.6 Å². The van der Waals surface area contributed by atoms with E-state index in [0.717, 1.165) is 73.3 Å². The van der Waals surface area contributed by atoms with Crippen molar-refractivity contribution in [1.29, 1.82) is 5.26 Å². The largest absolute Gasteiger partial charge is 0.497 e. The maximum atomic E-state index is 10.7. The number of ether oxygens (including phenoxy) is 3. The maximum absolute atomic E-state index is 10.7. The SMILES string of the molecule is CCCCCCCCCCCCCCCC(C#N)(CCCC(CCc1cc(OC)cc(OC)c1)N=NC)c1cccc(OCC)c1. The standard InChI is InChI=1S/C40H63N3O3/c1-6-8-9-10-11-12-13-14-15-16-17-18-19-27-40(33-41,35-22-20-24-37(31-35)46-7-2)28-21-23-36(43-42-3)26-25-34-29-38(44-4)32-39(30-34)45-5/h20,22,24,29-32,36H,6-19,21,23,25-28H2,1-5H3. The van der Waals surface area contributed by atoms with Gasteiger partial charge in [0, 0.05) is 13.1 Å². The molecule has 0 fully saturated rings. The molecule has 0 saturated carbocycles. The van der Waals surface area contributed by atoms with Crippen molar-refractivity contribution in [3.63, 3.8) is 0 Å². The van der Waals surface area contributed by atoms with Gasteiger partial charge in [-0.15, -0.1) is 0 Å². The van der Waals surface area contributed by atoms with E-state index in [2.05, 4.69) is 47.5 Å². The third kappa shape index (κ3) is 15.0. The van der Waals surface area contributed by atoms with Crippen LogP contribution in [0, 0.1) is 11.3 Å². The monoisotopic (exact) mass is 633 g/mol. The Hall–Kier alpha value is -3.07. The van der Waals surface area contributed by atoms with E-state index in [9.17, 15) is 5.26 Å². The Bertz CT molecular complexity index is 1120. The van der Waals surface area contributed by atoms with Crippen LogP contribution in [0.2, 0.25) is 0 Å². The first-order chi connectivity index (χ1) is 22.5. The van der Waals surface area contributed by atoms with Crippen molar-refractivity contribution in [2.45, 2.75) is 147 Å². The topological polar surface area (TPSA) is 76.2 Å². The number of hydrogen-bond donors (Lipinski definition) is 0. The number of nitrogens with zero attached hydrogens (tertiary/aromatic N) is 3. The quantitative estimate of drug-likeness (QED) is 0.0724. The number of aryl methyl sites for hydroxylation is 1. The molecular weight excluding hydrogens is 570 g/mol. The van der Waals surface area contributed by atoms with Gasteiger partial charge in [-0.05, 0) is 80.8 Å². The van der Waals surface area contributed by atoms with Crippen LogP contribution in [0.15, 0.2) is 52.7 Å². The maximum Gasteiger partial charge on any atom is 0.122 e. The van der Waals surface area contributed by atoms with Crippen molar-refractivity contribution >= 4 is 0 Å². The second kappa shape index (κ2) is 24.2. The molecule has 0 radical (unpaired) electrons. The Morgan fingerprint density at radius 3 is 1.85 bits per heavy atom. The fraction of sp³-hybridized carbons (Fsp3) is 0.675. The van der Waals surface area contributed by atoms with E-state index in [1.54, 1.807) is 21.3 Å². The Morgan fingerprint density at radius 2 is 1.30 bits per heavy atom. The molecule has 0 aromatic heterocycles. The number of methoxy groups -OCH3 is 2. The first-order valence-electron chi connectivity index (χ1n) is 18.2. The molecule has 0 spiro atoms. The molecule has 6 nitrogen and oxygen atoms in total. The van der Waals surface area contributed by atoms with E-state index in [4.69, 9.17) is 14.2 Å². The highest BCUT2D eigenvalue weighted by molar-refractivity contribution is 5.39. The minimum absolute atomic E-state index is 0.102. The Morgan fingerprint density at radius 1 is 0.717 bits per heavy atom.